The highest BCUT2D eigenvalue weighted by molar-refractivity contribution is 6.04. The lowest BCUT2D eigenvalue weighted by Crippen LogP contribution is -2.14. The monoisotopic (exact) mass is 367 g/mol. The molecular weight excluding hydrogens is 353 g/mol. The zero-order valence-corrected chi connectivity index (χ0v) is 14.7. The summed E-state index contributed by atoms with van der Waals surface area (Å²) < 4.78 is 13.2. The first-order valence-electron chi connectivity index (χ1n) is 8.59. The Kier molecular flexibility index (Phi) is 4.77. The van der Waals surface area contributed by atoms with E-state index in [1.54, 1.807) is 36.5 Å². The summed E-state index contributed by atoms with van der Waals surface area (Å²) in [5, 5.41) is 2.79. The predicted octanol–water partition coefficient (Wildman–Crippen LogP) is 4.80. The fraction of sp³-hybridized carbons (Fsp3) is 0. The van der Waals surface area contributed by atoms with E-state index in [4.69, 9.17) is 0 Å². The third-order valence-electron chi connectivity index (χ3n) is 4.09. The zero-order chi connectivity index (χ0) is 19.3. The number of amides is 1. The lowest BCUT2D eigenvalue weighted by atomic mass is 10.1. The number of hydrogen-bond donors (Lipinski definition) is 1. The molecule has 0 aliphatic carbocycles. The van der Waals surface area contributed by atoms with Gasteiger partial charge in [0, 0.05) is 11.1 Å². The van der Waals surface area contributed by atoms with E-state index in [0.29, 0.717) is 22.8 Å². The fourth-order valence-corrected chi connectivity index (χ4v) is 2.70. The molecule has 0 saturated carbocycles. The van der Waals surface area contributed by atoms with E-state index in [1.807, 2.05) is 30.3 Å². The number of halogens is 1. The van der Waals surface area contributed by atoms with Gasteiger partial charge in [-0.05, 0) is 36.4 Å². The Hall–Kier alpha value is -4.04. The molecule has 3 aromatic carbocycles. The normalized spacial score (nSPS) is 10.2. The average molecular weight is 367 g/mol. The molecule has 1 heterocycles. The average Bonchev–Trinajstić information content (AvgIpc) is 2.76. The van der Waals surface area contributed by atoms with Crippen LogP contribution in [-0.2, 0) is 0 Å². The first-order valence-corrected chi connectivity index (χ1v) is 8.59. The molecule has 0 spiro atoms. The van der Waals surface area contributed by atoms with Gasteiger partial charge in [0.1, 0.15) is 11.5 Å². The Bertz CT molecular complexity index is 1100. The van der Waals surface area contributed by atoms with E-state index in [0.717, 1.165) is 11.1 Å². The topological polar surface area (TPSA) is 54.9 Å². The van der Waals surface area contributed by atoms with Gasteiger partial charge in [-0.2, -0.15) is 0 Å². The molecule has 0 unspecified atom stereocenters. The summed E-state index contributed by atoms with van der Waals surface area (Å²) >= 11 is 0. The van der Waals surface area contributed by atoms with Crippen molar-refractivity contribution in [1.29, 1.82) is 0 Å². The number of benzene rings is 2. The molecule has 0 atom stereocenters. The molecule has 4 rings (SSSR count). The highest BCUT2D eigenvalue weighted by Gasteiger charge is 2.15. The van der Waals surface area contributed by atoms with Crippen LogP contribution in [0.5, 0.6) is 0 Å². The molecule has 134 valence electrons. The van der Waals surface area contributed by atoms with Gasteiger partial charge in [-0.25, -0.2) is 14.4 Å². The fourth-order valence-electron chi connectivity index (χ4n) is 2.70. The second-order valence-corrected chi connectivity index (χ2v) is 5.99. The van der Waals surface area contributed by atoms with E-state index < -0.39 is 0 Å². The number of nitrogens with zero attached hydrogens (tertiary/aromatic N) is 2. The summed E-state index contributed by atoms with van der Waals surface area (Å²) in [5.41, 5.74) is 2.99. The van der Waals surface area contributed by atoms with Crippen LogP contribution in [0.2, 0.25) is 0 Å². The van der Waals surface area contributed by atoms with Crippen molar-refractivity contribution in [2.45, 2.75) is 0 Å². The standard InChI is InChI=1S/C23H14FN3O/c24-19-13-11-16(12-14-19)20-15-25-22(21(26-20)17-7-3-1-4-8-17)27-23(28)18-9-5-2-6-10-18/h1-5,7-9,11-15H,(H,25,27,28). The van der Waals surface area contributed by atoms with Crippen LogP contribution in [-0.4, -0.2) is 15.9 Å². The first-order chi connectivity index (χ1) is 13.7. The second kappa shape index (κ2) is 7.68. The molecule has 0 aliphatic heterocycles. The van der Waals surface area contributed by atoms with Crippen molar-refractivity contribution in [2.75, 3.05) is 5.32 Å². The number of aromatic nitrogens is 2. The Morgan fingerprint density at radius 3 is 2.43 bits per heavy atom. The number of rotatable bonds is 4. The minimum absolute atomic E-state index is 0.320. The number of anilines is 1. The van der Waals surface area contributed by atoms with E-state index in [9.17, 15) is 9.18 Å². The first kappa shape index (κ1) is 17.4. The highest BCUT2D eigenvalue weighted by Crippen LogP contribution is 2.28. The predicted molar refractivity (Wildman–Crippen MR) is 105 cm³/mol. The maximum absolute atomic E-state index is 13.2. The molecule has 0 radical (unpaired) electrons. The molecule has 0 bridgehead atoms. The van der Waals surface area contributed by atoms with Crippen molar-refractivity contribution in [3.05, 3.63) is 103 Å². The second-order valence-electron chi connectivity index (χ2n) is 5.99. The molecule has 0 saturated heterocycles. The van der Waals surface area contributed by atoms with Gasteiger partial charge in [0.2, 0.25) is 0 Å². The van der Waals surface area contributed by atoms with Crippen molar-refractivity contribution in [2.24, 2.45) is 0 Å². The summed E-state index contributed by atoms with van der Waals surface area (Å²) in [7, 11) is 0. The van der Waals surface area contributed by atoms with Crippen LogP contribution in [0.25, 0.3) is 22.5 Å². The Morgan fingerprint density at radius 1 is 0.929 bits per heavy atom. The molecule has 5 heteroatoms. The van der Waals surface area contributed by atoms with Gasteiger partial charge in [-0.15, -0.1) is 0 Å². The molecule has 0 aliphatic rings. The van der Waals surface area contributed by atoms with Crippen molar-refractivity contribution in [3.8, 4) is 22.5 Å². The van der Waals surface area contributed by atoms with Crippen molar-refractivity contribution < 1.29 is 9.18 Å². The van der Waals surface area contributed by atoms with E-state index in [2.05, 4.69) is 27.4 Å². The van der Waals surface area contributed by atoms with Crippen LogP contribution < -0.4 is 5.32 Å². The van der Waals surface area contributed by atoms with Gasteiger partial charge >= 0.3 is 0 Å². The van der Waals surface area contributed by atoms with Gasteiger partial charge < -0.3 is 5.32 Å². The number of hydrogen-bond acceptors (Lipinski definition) is 3. The number of carbonyl (C=O) groups is 1. The van der Waals surface area contributed by atoms with Crippen LogP contribution in [0, 0.1) is 17.9 Å². The maximum Gasteiger partial charge on any atom is 0.265 e. The lowest BCUT2D eigenvalue weighted by Gasteiger charge is -2.11. The largest absolute Gasteiger partial charge is 0.304 e. The number of carbonyl (C=O) groups excluding carboxylic acids is 1. The molecule has 1 amide bonds. The van der Waals surface area contributed by atoms with Gasteiger partial charge in [-0.1, -0.05) is 48.5 Å². The van der Waals surface area contributed by atoms with E-state index >= 15 is 0 Å². The van der Waals surface area contributed by atoms with Crippen LogP contribution in [0.15, 0.2) is 79.0 Å². The minimum Gasteiger partial charge on any atom is -0.304 e. The van der Waals surface area contributed by atoms with Crippen LogP contribution in [0.3, 0.4) is 0 Å². The summed E-state index contributed by atoms with van der Waals surface area (Å²) in [6, 6.07) is 26.0. The van der Waals surface area contributed by atoms with E-state index in [1.165, 1.54) is 12.1 Å². The Morgan fingerprint density at radius 2 is 1.71 bits per heavy atom. The Balaban J connectivity index is 1.75. The van der Waals surface area contributed by atoms with Crippen LogP contribution in [0.1, 0.15) is 10.4 Å². The lowest BCUT2D eigenvalue weighted by molar-refractivity contribution is 0.102. The summed E-state index contributed by atoms with van der Waals surface area (Å²) in [5.74, 6) is -0.336. The third-order valence-corrected chi connectivity index (χ3v) is 4.09. The van der Waals surface area contributed by atoms with Gasteiger partial charge in [0.05, 0.1) is 17.5 Å². The summed E-state index contributed by atoms with van der Waals surface area (Å²) in [6.45, 7) is 0. The molecular formula is C23H14FN3O. The van der Waals surface area contributed by atoms with Gasteiger partial charge in [0.15, 0.2) is 5.82 Å². The smallest absolute Gasteiger partial charge is 0.265 e. The molecule has 1 aromatic heterocycles. The van der Waals surface area contributed by atoms with Gasteiger partial charge in [0.25, 0.3) is 5.91 Å². The quantitative estimate of drug-likeness (QED) is 0.564. The SMILES string of the molecule is O=C(Nc1ncc(-c2ccc(F)cc2)nc1-c1ccccc1)c1c#cccc1. The van der Waals surface area contributed by atoms with Crippen molar-refractivity contribution in [3.63, 3.8) is 0 Å². The molecule has 28 heavy (non-hydrogen) atoms. The summed E-state index contributed by atoms with van der Waals surface area (Å²) in [6.07, 6.45) is 1.55. The van der Waals surface area contributed by atoms with Crippen LogP contribution >= 0.6 is 0 Å². The Labute approximate surface area is 161 Å². The molecule has 1 N–H and O–H groups in total. The molecule has 4 nitrogen and oxygen atoms in total. The van der Waals surface area contributed by atoms with Crippen molar-refractivity contribution in [1.82, 2.24) is 9.97 Å². The van der Waals surface area contributed by atoms with Crippen molar-refractivity contribution >= 4 is 11.7 Å². The van der Waals surface area contributed by atoms with Crippen LogP contribution in [0.4, 0.5) is 10.2 Å². The van der Waals surface area contributed by atoms with E-state index in [-0.39, 0.29) is 11.7 Å². The van der Waals surface area contributed by atoms with Gasteiger partial charge in [-0.3, -0.25) is 4.79 Å². The third kappa shape index (κ3) is 3.71. The summed E-state index contributed by atoms with van der Waals surface area (Å²) in [4.78, 5) is 21.6. The molecule has 0 fully saturated rings. The zero-order valence-electron chi connectivity index (χ0n) is 14.7. The minimum atomic E-state index is -0.349. The maximum atomic E-state index is 13.2. The molecule has 4 aromatic rings. The highest BCUT2D eigenvalue weighted by atomic mass is 19.1. The number of nitrogens with one attached hydrogen (secondary N) is 1.